The van der Waals surface area contributed by atoms with E-state index in [4.69, 9.17) is 14.9 Å². The van der Waals surface area contributed by atoms with E-state index in [2.05, 4.69) is 48.6 Å². The molecule has 0 bridgehead atoms. The minimum Gasteiger partial charge on any atom is -0.396 e. The number of aliphatic hydroxyl groups is 2. The smallest absolute Gasteiger partial charge is 0.0466 e. The first-order valence-electron chi connectivity index (χ1n) is 16.8. The van der Waals surface area contributed by atoms with Crippen molar-refractivity contribution in [2.24, 2.45) is 0 Å². The summed E-state index contributed by atoms with van der Waals surface area (Å²) in [5.74, 6) is 0. The largest absolute Gasteiger partial charge is 0.396 e. The first-order valence-corrected chi connectivity index (χ1v) is 16.8. The van der Waals surface area contributed by atoms with Crippen LogP contribution in [0.25, 0.3) is 0 Å². The minimum atomic E-state index is 0.346. The number of aliphatic hydroxyl groups excluding tert-OH is 2. The van der Waals surface area contributed by atoms with Crippen molar-refractivity contribution in [3.63, 3.8) is 0 Å². The molecule has 0 unspecified atom stereocenters. The van der Waals surface area contributed by atoms with E-state index >= 15 is 0 Å². The number of ether oxygens (including phenoxy) is 1. The lowest BCUT2D eigenvalue weighted by Crippen LogP contribution is -1.97. The van der Waals surface area contributed by atoms with Crippen molar-refractivity contribution >= 4 is 0 Å². The Kier molecular flexibility index (Phi) is 35.7. The van der Waals surface area contributed by atoms with Crippen molar-refractivity contribution in [2.75, 3.05) is 26.4 Å². The van der Waals surface area contributed by atoms with Crippen LogP contribution in [-0.2, 0) is 4.74 Å². The van der Waals surface area contributed by atoms with Gasteiger partial charge in [-0.1, -0.05) is 113 Å². The maximum atomic E-state index is 8.76. The topological polar surface area (TPSA) is 49.7 Å². The Balaban J connectivity index is 3.22. The van der Waals surface area contributed by atoms with Gasteiger partial charge in [0.05, 0.1) is 0 Å². The number of rotatable bonds is 32. The fraction of sp³-hybridized carbons (Fsp3) is 0.778. The van der Waals surface area contributed by atoms with Crippen LogP contribution in [0.1, 0.15) is 154 Å². The normalized spacial score (nSPS) is 12.4. The van der Waals surface area contributed by atoms with E-state index in [1.54, 1.807) is 0 Å². The molecule has 0 atom stereocenters. The third kappa shape index (κ3) is 36.8. The van der Waals surface area contributed by atoms with Crippen LogP contribution >= 0.6 is 0 Å². The van der Waals surface area contributed by atoms with E-state index in [0.29, 0.717) is 13.2 Å². The lowest BCUT2D eigenvalue weighted by molar-refractivity contribution is 0.126. The zero-order chi connectivity index (χ0) is 28.2. The molecule has 0 radical (unpaired) electrons. The van der Waals surface area contributed by atoms with E-state index in [-0.39, 0.29) is 0 Å². The molecular weight excluding hydrogens is 480 g/mol. The summed E-state index contributed by atoms with van der Waals surface area (Å²) in [4.78, 5) is 0. The average Bonchev–Trinajstić information content (AvgIpc) is 2.95. The van der Waals surface area contributed by atoms with Crippen LogP contribution in [0.15, 0.2) is 48.6 Å². The second-order valence-electron chi connectivity index (χ2n) is 10.9. The lowest BCUT2D eigenvalue weighted by atomic mass is 10.1. The molecule has 0 fully saturated rings. The van der Waals surface area contributed by atoms with Crippen LogP contribution in [0, 0.1) is 0 Å². The van der Waals surface area contributed by atoms with Crippen molar-refractivity contribution in [2.45, 2.75) is 154 Å². The van der Waals surface area contributed by atoms with E-state index in [1.165, 1.54) is 128 Å². The van der Waals surface area contributed by atoms with Crippen LogP contribution in [0.4, 0.5) is 0 Å². The molecule has 0 saturated carbocycles. The molecule has 0 spiro atoms. The fourth-order valence-corrected chi connectivity index (χ4v) is 4.56. The molecule has 0 aliphatic carbocycles. The zero-order valence-corrected chi connectivity index (χ0v) is 25.7. The fourth-order valence-electron chi connectivity index (χ4n) is 4.56. The quantitative estimate of drug-likeness (QED) is 0.0651. The molecule has 0 aromatic heterocycles. The third-order valence-electron chi connectivity index (χ3n) is 7.09. The highest BCUT2D eigenvalue weighted by atomic mass is 16.5. The highest BCUT2D eigenvalue weighted by Gasteiger charge is 1.93. The Morgan fingerprint density at radius 2 is 0.590 bits per heavy atom. The minimum absolute atomic E-state index is 0.346. The maximum Gasteiger partial charge on any atom is 0.0466 e. The molecule has 0 rings (SSSR count). The lowest BCUT2D eigenvalue weighted by Gasteiger charge is -2.03. The Bertz CT molecular complexity index is 502. The van der Waals surface area contributed by atoms with E-state index in [9.17, 15) is 0 Å². The van der Waals surface area contributed by atoms with E-state index in [0.717, 1.165) is 38.9 Å². The van der Waals surface area contributed by atoms with Gasteiger partial charge in [0.15, 0.2) is 0 Å². The van der Waals surface area contributed by atoms with Gasteiger partial charge in [0.25, 0.3) is 0 Å². The predicted octanol–water partition coefficient (Wildman–Crippen LogP) is 10.6. The van der Waals surface area contributed by atoms with Gasteiger partial charge in [-0.15, -0.1) is 0 Å². The van der Waals surface area contributed by atoms with Crippen molar-refractivity contribution in [3.8, 4) is 0 Å². The average molecular weight is 547 g/mol. The summed E-state index contributed by atoms with van der Waals surface area (Å²) in [7, 11) is 0. The van der Waals surface area contributed by atoms with Crippen molar-refractivity contribution in [1.82, 2.24) is 0 Å². The second kappa shape index (κ2) is 36.8. The summed E-state index contributed by atoms with van der Waals surface area (Å²) in [6, 6.07) is 0. The summed E-state index contributed by atoms with van der Waals surface area (Å²) in [6.45, 7) is 2.53. The van der Waals surface area contributed by atoms with Crippen LogP contribution in [0.5, 0.6) is 0 Å². The van der Waals surface area contributed by atoms with Crippen molar-refractivity contribution in [3.05, 3.63) is 48.6 Å². The molecule has 3 heteroatoms. The number of hydrogen-bond acceptors (Lipinski definition) is 3. The van der Waals surface area contributed by atoms with Gasteiger partial charge in [0.2, 0.25) is 0 Å². The van der Waals surface area contributed by atoms with Crippen LogP contribution in [0.2, 0.25) is 0 Å². The molecular formula is C36H66O3. The zero-order valence-electron chi connectivity index (χ0n) is 25.7. The van der Waals surface area contributed by atoms with Crippen molar-refractivity contribution < 1.29 is 14.9 Å². The third-order valence-corrected chi connectivity index (χ3v) is 7.09. The molecule has 0 heterocycles. The van der Waals surface area contributed by atoms with Gasteiger partial charge in [-0.25, -0.2) is 0 Å². The number of allylic oxidation sites excluding steroid dienone is 8. The first kappa shape index (κ1) is 37.8. The number of unbranched alkanes of at least 4 members (excludes halogenated alkanes) is 18. The van der Waals surface area contributed by atoms with Crippen LogP contribution in [-0.4, -0.2) is 36.6 Å². The SMILES string of the molecule is OCCCCCCCC/C=C\C/C=C\CCCCCOCCCCC/C=C\C/C=C\CCCCCCCCO. The highest BCUT2D eigenvalue weighted by molar-refractivity contribution is 4.93. The van der Waals surface area contributed by atoms with Gasteiger partial charge in [0.1, 0.15) is 0 Å². The van der Waals surface area contributed by atoms with Crippen LogP contribution < -0.4 is 0 Å². The molecule has 0 aromatic carbocycles. The summed E-state index contributed by atoms with van der Waals surface area (Å²) in [5, 5.41) is 17.5. The van der Waals surface area contributed by atoms with Gasteiger partial charge >= 0.3 is 0 Å². The van der Waals surface area contributed by atoms with E-state index in [1.807, 2.05) is 0 Å². The van der Waals surface area contributed by atoms with Gasteiger partial charge in [-0.2, -0.15) is 0 Å². The highest BCUT2D eigenvalue weighted by Crippen LogP contribution is 2.09. The summed E-state index contributed by atoms with van der Waals surface area (Å²) >= 11 is 0. The van der Waals surface area contributed by atoms with Gasteiger partial charge in [-0.05, 0) is 89.9 Å². The molecule has 2 N–H and O–H groups in total. The molecule has 0 amide bonds. The second-order valence-corrected chi connectivity index (χ2v) is 10.9. The predicted molar refractivity (Wildman–Crippen MR) is 172 cm³/mol. The Morgan fingerprint density at radius 3 is 0.923 bits per heavy atom. The summed E-state index contributed by atoms with van der Waals surface area (Å²) in [5.41, 5.74) is 0. The molecule has 39 heavy (non-hydrogen) atoms. The molecule has 0 saturated heterocycles. The first-order chi connectivity index (χ1) is 19.4. The summed E-state index contributed by atoms with van der Waals surface area (Å²) < 4.78 is 5.81. The van der Waals surface area contributed by atoms with Gasteiger partial charge < -0.3 is 14.9 Å². The summed E-state index contributed by atoms with van der Waals surface area (Å²) in [6.07, 6.45) is 47.6. The van der Waals surface area contributed by atoms with Crippen molar-refractivity contribution in [1.29, 1.82) is 0 Å². The molecule has 0 aliphatic heterocycles. The monoisotopic (exact) mass is 547 g/mol. The van der Waals surface area contributed by atoms with Gasteiger partial charge in [0, 0.05) is 26.4 Å². The molecule has 3 nitrogen and oxygen atoms in total. The van der Waals surface area contributed by atoms with E-state index < -0.39 is 0 Å². The molecule has 0 aromatic rings. The molecule has 228 valence electrons. The Hall–Kier alpha value is -1.16. The molecule has 0 aliphatic rings. The standard InChI is InChI=1S/C36H66O3/c37-33-29-25-21-17-13-9-5-1-3-7-11-15-19-23-27-31-35-39-36-32-28-24-20-16-12-8-4-2-6-10-14-18-22-26-30-34-38/h1-4,11-12,15-16,37-38H,5-10,13-14,17-36H2/b3-1-,4-2-,15-11-,16-12-. The van der Waals surface area contributed by atoms with Gasteiger partial charge in [-0.3, -0.25) is 0 Å². The number of hydrogen-bond donors (Lipinski definition) is 2. The maximum absolute atomic E-state index is 8.76. The van der Waals surface area contributed by atoms with Crippen LogP contribution in [0.3, 0.4) is 0 Å². The Morgan fingerprint density at radius 1 is 0.308 bits per heavy atom. The Labute approximate surface area is 243 Å².